The number of hydrogen-bond acceptors (Lipinski definition) is 5. The van der Waals surface area contributed by atoms with Crippen molar-refractivity contribution in [3.63, 3.8) is 0 Å². The number of rotatable bonds is 7. The molecule has 4 rings (SSSR count). The zero-order chi connectivity index (χ0) is 19.9. The third kappa shape index (κ3) is 3.90. The van der Waals surface area contributed by atoms with Crippen LogP contribution in [0.2, 0.25) is 4.34 Å². The van der Waals surface area contributed by atoms with Crippen molar-refractivity contribution in [1.82, 2.24) is 19.1 Å². The highest BCUT2D eigenvalue weighted by Crippen LogP contribution is 2.36. The SMILES string of the molecule is O=c1n(CCNS(=O)(=O)c2ccc(Cl)s2)nc(-c2ccc(F)cc2)n1C1CC1. The number of aromatic nitrogens is 3. The predicted molar refractivity (Wildman–Crippen MR) is 105 cm³/mol. The summed E-state index contributed by atoms with van der Waals surface area (Å²) < 4.78 is 43.5. The van der Waals surface area contributed by atoms with Crippen LogP contribution in [0.5, 0.6) is 0 Å². The van der Waals surface area contributed by atoms with Crippen LogP contribution < -0.4 is 10.4 Å². The molecule has 2 heterocycles. The van der Waals surface area contributed by atoms with E-state index < -0.39 is 10.0 Å². The maximum atomic E-state index is 13.2. The first kappa shape index (κ1) is 19.3. The van der Waals surface area contributed by atoms with E-state index in [4.69, 9.17) is 11.6 Å². The summed E-state index contributed by atoms with van der Waals surface area (Å²) in [5, 5.41) is 4.36. The van der Waals surface area contributed by atoms with Crippen molar-refractivity contribution in [2.45, 2.75) is 29.6 Å². The third-order valence-corrected chi connectivity index (χ3v) is 7.50. The molecule has 1 aromatic carbocycles. The lowest BCUT2D eigenvalue weighted by atomic mass is 10.2. The summed E-state index contributed by atoms with van der Waals surface area (Å²) in [5.41, 5.74) is 0.332. The van der Waals surface area contributed by atoms with Crippen molar-refractivity contribution >= 4 is 33.0 Å². The Kier molecular flexibility index (Phi) is 5.13. The minimum absolute atomic E-state index is 0.00228. The average molecular weight is 443 g/mol. The molecule has 0 unspecified atom stereocenters. The lowest BCUT2D eigenvalue weighted by molar-refractivity contribution is 0.548. The molecule has 28 heavy (non-hydrogen) atoms. The topological polar surface area (TPSA) is 86.0 Å². The van der Waals surface area contributed by atoms with E-state index in [0.717, 1.165) is 24.2 Å². The van der Waals surface area contributed by atoms with E-state index in [9.17, 15) is 17.6 Å². The second kappa shape index (κ2) is 7.43. The van der Waals surface area contributed by atoms with Gasteiger partial charge in [-0.15, -0.1) is 16.4 Å². The molecule has 0 spiro atoms. The van der Waals surface area contributed by atoms with Gasteiger partial charge < -0.3 is 0 Å². The first-order valence-corrected chi connectivity index (χ1v) is 11.2. The Labute approximate surface area is 169 Å². The van der Waals surface area contributed by atoms with Gasteiger partial charge in [0.25, 0.3) is 0 Å². The van der Waals surface area contributed by atoms with Gasteiger partial charge in [0, 0.05) is 18.2 Å². The van der Waals surface area contributed by atoms with Gasteiger partial charge in [-0.2, -0.15) is 0 Å². The van der Waals surface area contributed by atoms with E-state index >= 15 is 0 Å². The Hall–Kier alpha value is -2.01. The van der Waals surface area contributed by atoms with Crippen molar-refractivity contribution in [2.75, 3.05) is 6.54 Å². The molecule has 0 amide bonds. The highest BCUT2D eigenvalue weighted by molar-refractivity contribution is 7.91. The van der Waals surface area contributed by atoms with E-state index in [0.29, 0.717) is 15.7 Å². The number of nitrogens with zero attached hydrogens (tertiary/aromatic N) is 3. The Morgan fingerprint density at radius 1 is 1.21 bits per heavy atom. The normalized spacial score (nSPS) is 14.5. The molecule has 1 N–H and O–H groups in total. The van der Waals surface area contributed by atoms with Gasteiger partial charge in [0.2, 0.25) is 10.0 Å². The van der Waals surface area contributed by atoms with Crippen LogP contribution in [0.3, 0.4) is 0 Å². The second-order valence-electron chi connectivity index (χ2n) is 6.39. The van der Waals surface area contributed by atoms with Gasteiger partial charge in [0.1, 0.15) is 10.0 Å². The van der Waals surface area contributed by atoms with Crippen molar-refractivity contribution in [1.29, 1.82) is 0 Å². The molecule has 1 fully saturated rings. The fraction of sp³-hybridized carbons (Fsp3) is 0.294. The van der Waals surface area contributed by atoms with Gasteiger partial charge in [0.15, 0.2) is 5.82 Å². The molecule has 1 saturated carbocycles. The number of thiophene rings is 1. The maximum Gasteiger partial charge on any atom is 0.346 e. The third-order valence-electron chi connectivity index (χ3n) is 4.31. The highest BCUT2D eigenvalue weighted by Gasteiger charge is 2.30. The molecule has 0 aliphatic heterocycles. The summed E-state index contributed by atoms with van der Waals surface area (Å²) in [6, 6.07) is 8.79. The van der Waals surface area contributed by atoms with Crippen LogP contribution >= 0.6 is 22.9 Å². The van der Waals surface area contributed by atoms with Crippen molar-refractivity contribution in [3.05, 3.63) is 57.0 Å². The van der Waals surface area contributed by atoms with Crippen LogP contribution in [-0.4, -0.2) is 29.3 Å². The average Bonchev–Trinajstić information content (AvgIpc) is 3.30. The molecular formula is C17H16ClFN4O3S2. The first-order valence-electron chi connectivity index (χ1n) is 8.55. The van der Waals surface area contributed by atoms with E-state index in [2.05, 4.69) is 9.82 Å². The van der Waals surface area contributed by atoms with Gasteiger partial charge >= 0.3 is 5.69 Å². The quantitative estimate of drug-likeness (QED) is 0.609. The zero-order valence-corrected chi connectivity index (χ0v) is 16.9. The lowest BCUT2D eigenvalue weighted by Gasteiger charge is -2.04. The van der Waals surface area contributed by atoms with E-state index in [1.165, 1.54) is 28.9 Å². The van der Waals surface area contributed by atoms with Crippen LogP contribution in [0.4, 0.5) is 4.39 Å². The Morgan fingerprint density at radius 2 is 1.93 bits per heavy atom. The Morgan fingerprint density at radius 3 is 2.54 bits per heavy atom. The van der Waals surface area contributed by atoms with Crippen LogP contribution in [0, 0.1) is 5.82 Å². The molecule has 148 valence electrons. The summed E-state index contributed by atoms with van der Waals surface area (Å²) >= 11 is 6.74. The van der Waals surface area contributed by atoms with Crippen molar-refractivity contribution in [3.8, 4) is 11.4 Å². The molecule has 0 bridgehead atoms. The molecule has 2 aromatic heterocycles. The molecule has 11 heteroatoms. The molecule has 3 aromatic rings. The lowest BCUT2D eigenvalue weighted by Crippen LogP contribution is -2.31. The standard InChI is InChI=1S/C17H16ClFN4O3S2/c18-14-7-8-15(27-14)28(25,26)20-9-10-22-17(24)23(13-5-6-13)16(21-22)11-1-3-12(19)4-2-11/h1-4,7-8,13,20H,5-6,9-10H2. The summed E-state index contributed by atoms with van der Waals surface area (Å²) in [6.45, 7) is 0.0768. The molecule has 1 aliphatic rings. The minimum Gasteiger partial charge on any atom is -0.272 e. The summed E-state index contributed by atoms with van der Waals surface area (Å²) in [6.07, 6.45) is 1.76. The van der Waals surface area contributed by atoms with Gasteiger partial charge in [-0.25, -0.2) is 27.0 Å². The van der Waals surface area contributed by atoms with Crippen LogP contribution in [0.1, 0.15) is 18.9 Å². The molecule has 0 atom stereocenters. The van der Waals surface area contributed by atoms with Crippen LogP contribution in [0.15, 0.2) is 45.4 Å². The second-order valence-corrected chi connectivity index (χ2v) is 10.1. The number of sulfonamides is 1. The minimum atomic E-state index is -3.69. The van der Waals surface area contributed by atoms with Gasteiger partial charge in [-0.1, -0.05) is 11.6 Å². The predicted octanol–water partition coefficient (Wildman–Crippen LogP) is 2.88. The largest absolute Gasteiger partial charge is 0.346 e. The molecule has 1 aliphatic carbocycles. The Balaban J connectivity index is 1.55. The monoisotopic (exact) mass is 442 g/mol. The van der Waals surface area contributed by atoms with Crippen molar-refractivity contribution in [2.24, 2.45) is 0 Å². The van der Waals surface area contributed by atoms with Crippen LogP contribution in [0.25, 0.3) is 11.4 Å². The fourth-order valence-corrected chi connectivity index (χ4v) is 5.37. The number of hydrogen-bond donors (Lipinski definition) is 1. The zero-order valence-electron chi connectivity index (χ0n) is 14.5. The smallest absolute Gasteiger partial charge is 0.272 e. The van der Waals surface area contributed by atoms with Gasteiger partial charge in [-0.3, -0.25) is 4.57 Å². The molecule has 7 nitrogen and oxygen atoms in total. The van der Waals surface area contributed by atoms with E-state index in [-0.39, 0.29) is 34.8 Å². The summed E-state index contributed by atoms with van der Waals surface area (Å²) in [4.78, 5) is 12.7. The number of halogens is 2. The number of nitrogens with one attached hydrogen (secondary N) is 1. The van der Waals surface area contributed by atoms with E-state index in [1.54, 1.807) is 16.7 Å². The van der Waals surface area contributed by atoms with Crippen molar-refractivity contribution < 1.29 is 12.8 Å². The van der Waals surface area contributed by atoms with E-state index in [1.807, 2.05) is 0 Å². The summed E-state index contributed by atoms with van der Waals surface area (Å²) in [5.74, 6) is 0.0898. The fourth-order valence-electron chi connectivity index (χ4n) is 2.82. The Bertz CT molecular complexity index is 1160. The van der Waals surface area contributed by atoms with Crippen LogP contribution in [-0.2, 0) is 16.6 Å². The highest BCUT2D eigenvalue weighted by atomic mass is 35.5. The molecule has 0 radical (unpaired) electrons. The van der Waals surface area contributed by atoms with Gasteiger partial charge in [0.05, 0.1) is 10.9 Å². The van der Waals surface area contributed by atoms with Gasteiger partial charge in [-0.05, 0) is 49.2 Å². The summed E-state index contributed by atoms with van der Waals surface area (Å²) in [7, 11) is -3.69. The first-order chi connectivity index (χ1) is 13.3. The molecular weight excluding hydrogens is 427 g/mol. The number of benzene rings is 1. The molecule has 0 saturated heterocycles. The maximum absolute atomic E-state index is 13.2.